The van der Waals surface area contributed by atoms with E-state index in [1.54, 1.807) is 0 Å². The summed E-state index contributed by atoms with van der Waals surface area (Å²) in [6.07, 6.45) is 7.47. The van der Waals surface area contributed by atoms with Crippen LogP contribution in [0.2, 0.25) is 0 Å². The van der Waals surface area contributed by atoms with E-state index < -0.39 is 0 Å². The van der Waals surface area contributed by atoms with E-state index in [1.807, 2.05) is 26.0 Å². The molecule has 0 aromatic heterocycles. The van der Waals surface area contributed by atoms with Crippen molar-refractivity contribution in [3.63, 3.8) is 0 Å². The highest BCUT2D eigenvalue weighted by atomic mass is 35.5. The minimum Gasteiger partial charge on any atom is -0.494 e. The van der Waals surface area contributed by atoms with E-state index in [-0.39, 0.29) is 6.10 Å². The van der Waals surface area contributed by atoms with Crippen LogP contribution in [-0.4, -0.2) is 18.6 Å². The predicted octanol–water partition coefficient (Wildman–Crippen LogP) is 6.59. The lowest BCUT2D eigenvalue weighted by Gasteiger charge is -2.11. The van der Waals surface area contributed by atoms with Crippen molar-refractivity contribution in [2.75, 3.05) is 12.5 Å². The van der Waals surface area contributed by atoms with E-state index in [1.165, 1.54) is 36.5 Å². The molecule has 2 aromatic carbocycles. The zero-order valence-electron chi connectivity index (χ0n) is 14.9. The van der Waals surface area contributed by atoms with Gasteiger partial charge in [0.25, 0.3) is 0 Å². The lowest BCUT2D eigenvalue weighted by atomic mass is 10.1. The number of unbranched alkanes of at least 4 members (excludes halogenated alkanes) is 5. The van der Waals surface area contributed by atoms with Gasteiger partial charge in [0.1, 0.15) is 11.5 Å². The van der Waals surface area contributed by atoms with Gasteiger partial charge in [-0.1, -0.05) is 37.8 Å². The maximum atomic E-state index is 5.88. The monoisotopic (exact) mass is 348 g/mol. The van der Waals surface area contributed by atoms with Crippen LogP contribution in [0.4, 0.5) is 0 Å². The predicted molar refractivity (Wildman–Crippen MR) is 104 cm³/mol. The van der Waals surface area contributed by atoms with Crippen molar-refractivity contribution in [2.24, 2.45) is 0 Å². The smallest absolute Gasteiger partial charge is 0.120 e. The van der Waals surface area contributed by atoms with E-state index in [0.717, 1.165) is 36.8 Å². The third-order valence-electron chi connectivity index (χ3n) is 3.95. The normalized spacial score (nSPS) is 11.2. The summed E-state index contributed by atoms with van der Waals surface area (Å²) in [5.41, 5.74) is 0. The van der Waals surface area contributed by atoms with Gasteiger partial charge < -0.3 is 9.47 Å². The molecule has 0 aliphatic rings. The topological polar surface area (TPSA) is 18.5 Å². The third kappa shape index (κ3) is 6.60. The average Bonchev–Trinajstić information content (AvgIpc) is 2.56. The van der Waals surface area contributed by atoms with Gasteiger partial charge in [-0.2, -0.15) is 0 Å². The van der Waals surface area contributed by atoms with Crippen LogP contribution in [0.1, 0.15) is 52.4 Å². The summed E-state index contributed by atoms with van der Waals surface area (Å²) < 4.78 is 11.6. The number of rotatable bonds is 11. The van der Waals surface area contributed by atoms with Crippen LogP contribution >= 0.6 is 11.6 Å². The van der Waals surface area contributed by atoms with Crippen molar-refractivity contribution in [3.8, 4) is 11.5 Å². The fourth-order valence-electron chi connectivity index (χ4n) is 2.73. The summed E-state index contributed by atoms with van der Waals surface area (Å²) in [7, 11) is 0. The van der Waals surface area contributed by atoms with Gasteiger partial charge in [0, 0.05) is 5.88 Å². The Morgan fingerprint density at radius 3 is 2.04 bits per heavy atom. The Morgan fingerprint density at radius 1 is 0.792 bits per heavy atom. The van der Waals surface area contributed by atoms with Crippen LogP contribution in [0.15, 0.2) is 36.4 Å². The molecule has 0 heterocycles. The molecule has 0 saturated heterocycles. The first kappa shape index (κ1) is 18.9. The van der Waals surface area contributed by atoms with E-state index >= 15 is 0 Å². The third-order valence-corrected chi connectivity index (χ3v) is 4.22. The summed E-state index contributed by atoms with van der Waals surface area (Å²) >= 11 is 5.68. The molecule has 0 fully saturated rings. The molecular formula is C21H29ClO2. The molecule has 3 heteroatoms. The number of alkyl halides is 1. The number of ether oxygens (including phenoxy) is 2. The molecule has 0 unspecified atom stereocenters. The van der Waals surface area contributed by atoms with Crippen LogP contribution in [0.3, 0.4) is 0 Å². The molecule has 0 aliphatic heterocycles. The van der Waals surface area contributed by atoms with Crippen LogP contribution in [0.5, 0.6) is 11.5 Å². The molecule has 0 spiro atoms. The van der Waals surface area contributed by atoms with Crippen LogP contribution in [0, 0.1) is 0 Å². The molecule has 0 bridgehead atoms. The summed E-state index contributed by atoms with van der Waals surface area (Å²) in [5, 5.41) is 2.37. The van der Waals surface area contributed by atoms with Crippen LogP contribution in [-0.2, 0) is 0 Å². The van der Waals surface area contributed by atoms with E-state index in [0.29, 0.717) is 0 Å². The Labute approximate surface area is 151 Å². The molecule has 0 amide bonds. The summed E-state index contributed by atoms with van der Waals surface area (Å²) in [6, 6.07) is 12.4. The molecule has 0 saturated carbocycles. The quantitative estimate of drug-likeness (QED) is 0.337. The van der Waals surface area contributed by atoms with E-state index in [2.05, 4.69) is 24.3 Å². The fraction of sp³-hybridized carbons (Fsp3) is 0.524. The first-order valence-corrected chi connectivity index (χ1v) is 9.62. The van der Waals surface area contributed by atoms with Gasteiger partial charge in [0.15, 0.2) is 0 Å². The van der Waals surface area contributed by atoms with E-state index in [9.17, 15) is 0 Å². The first-order valence-electron chi connectivity index (χ1n) is 9.08. The second-order valence-corrected chi connectivity index (χ2v) is 6.87. The molecule has 0 radical (unpaired) electrons. The van der Waals surface area contributed by atoms with Gasteiger partial charge in [-0.15, -0.1) is 11.6 Å². The number of halogens is 1. The molecule has 24 heavy (non-hydrogen) atoms. The van der Waals surface area contributed by atoms with Crippen molar-refractivity contribution in [3.05, 3.63) is 36.4 Å². The largest absolute Gasteiger partial charge is 0.494 e. The van der Waals surface area contributed by atoms with Gasteiger partial charge in [0.2, 0.25) is 0 Å². The van der Waals surface area contributed by atoms with Crippen molar-refractivity contribution >= 4 is 22.4 Å². The van der Waals surface area contributed by atoms with E-state index in [4.69, 9.17) is 21.1 Å². The highest BCUT2D eigenvalue weighted by molar-refractivity contribution is 6.17. The van der Waals surface area contributed by atoms with Gasteiger partial charge in [-0.05, 0) is 61.7 Å². The minimum atomic E-state index is 0.194. The van der Waals surface area contributed by atoms with Crippen molar-refractivity contribution in [1.82, 2.24) is 0 Å². The lowest BCUT2D eigenvalue weighted by Crippen LogP contribution is -2.05. The lowest BCUT2D eigenvalue weighted by molar-refractivity contribution is 0.243. The molecule has 2 aromatic rings. The SMILES string of the molecule is CC(C)Oc1ccc2cc(OCCCCCCCCCl)ccc2c1. The number of hydrogen-bond acceptors (Lipinski definition) is 2. The Bertz CT molecular complexity index is 610. The van der Waals surface area contributed by atoms with Crippen molar-refractivity contribution < 1.29 is 9.47 Å². The number of benzene rings is 2. The van der Waals surface area contributed by atoms with Gasteiger partial charge in [-0.25, -0.2) is 0 Å². The van der Waals surface area contributed by atoms with Crippen molar-refractivity contribution in [2.45, 2.75) is 58.5 Å². The minimum absolute atomic E-state index is 0.194. The average molecular weight is 349 g/mol. The van der Waals surface area contributed by atoms with Crippen LogP contribution in [0.25, 0.3) is 10.8 Å². The second-order valence-electron chi connectivity index (χ2n) is 6.50. The molecule has 2 rings (SSSR count). The number of fused-ring (bicyclic) bond motifs is 1. The van der Waals surface area contributed by atoms with Gasteiger partial charge in [-0.3, -0.25) is 0 Å². The fourth-order valence-corrected chi connectivity index (χ4v) is 2.92. The zero-order valence-corrected chi connectivity index (χ0v) is 15.6. The standard InChI is InChI=1S/C21H29ClO2/c1-17(2)24-21-12-10-18-15-20(11-9-19(18)16-21)23-14-8-6-4-3-5-7-13-22/h9-12,15-17H,3-8,13-14H2,1-2H3. The molecule has 0 aliphatic carbocycles. The maximum absolute atomic E-state index is 5.88. The Balaban J connectivity index is 1.77. The molecular weight excluding hydrogens is 320 g/mol. The summed E-state index contributed by atoms with van der Waals surface area (Å²) in [6.45, 7) is 4.87. The highest BCUT2D eigenvalue weighted by Crippen LogP contribution is 2.25. The van der Waals surface area contributed by atoms with Crippen molar-refractivity contribution in [1.29, 1.82) is 0 Å². The first-order chi connectivity index (χ1) is 11.7. The van der Waals surface area contributed by atoms with Gasteiger partial charge in [0.05, 0.1) is 12.7 Å². The summed E-state index contributed by atoms with van der Waals surface area (Å²) in [5.74, 6) is 2.65. The molecule has 2 nitrogen and oxygen atoms in total. The maximum Gasteiger partial charge on any atom is 0.120 e. The van der Waals surface area contributed by atoms with Gasteiger partial charge >= 0.3 is 0 Å². The Kier molecular flexibility index (Phi) is 8.24. The highest BCUT2D eigenvalue weighted by Gasteiger charge is 2.02. The summed E-state index contributed by atoms with van der Waals surface area (Å²) in [4.78, 5) is 0. The molecule has 0 atom stereocenters. The zero-order chi connectivity index (χ0) is 17.2. The second kappa shape index (κ2) is 10.5. The van der Waals surface area contributed by atoms with Crippen LogP contribution < -0.4 is 9.47 Å². The number of hydrogen-bond donors (Lipinski definition) is 0. The molecule has 0 N–H and O–H groups in total. The molecule has 132 valence electrons. The Morgan fingerprint density at radius 2 is 1.38 bits per heavy atom. The Hall–Kier alpha value is -1.41.